The van der Waals surface area contributed by atoms with Gasteiger partial charge in [0.2, 0.25) is 7.37 Å². The minimum Gasteiger partial charge on any atom is -0.466 e. The molecule has 0 aliphatic carbocycles. The van der Waals surface area contributed by atoms with Crippen LogP contribution in [0.1, 0.15) is 0 Å². The van der Waals surface area contributed by atoms with Gasteiger partial charge in [-0.25, -0.2) is 4.79 Å². The Balaban J connectivity index is 3.90. The second-order valence-electron chi connectivity index (χ2n) is 2.30. The quantitative estimate of drug-likeness (QED) is 0.382. The van der Waals surface area contributed by atoms with E-state index in [0.717, 1.165) is 0 Å². The third-order valence-corrected chi connectivity index (χ3v) is 2.92. The van der Waals surface area contributed by atoms with Gasteiger partial charge in [-0.05, 0) is 0 Å². The predicted molar refractivity (Wildman–Crippen MR) is 46.6 cm³/mol. The Bertz CT molecular complexity index is 221. The standard InChI is InChI=1S/C7H13O4P/c1-10-7(8)5-4-6-12(3,9)11-2/h4-5H,6H2,1-3H3. The van der Waals surface area contributed by atoms with Crippen molar-refractivity contribution in [3.05, 3.63) is 12.2 Å². The van der Waals surface area contributed by atoms with Crippen LogP contribution in [0.2, 0.25) is 0 Å². The van der Waals surface area contributed by atoms with Crippen LogP contribution in [-0.4, -0.2) is 33.0 Å². The third-order valence-electron chi connectivity index (χ3n) is 1.28. The number of hydrogen-bond acceptors (Lipinski definition) is 4. The maximum atomic E-state index is 11.2. The van der Waals surface area contributed by atoms with Gasteiger partial charge in [-0.2, -0.15) is 0 Å². The molecule has 0 bridgehead atoms. The highest BCUT2D eigenvalue weighted by Gasteiger charge is 2.10. The fourth-order valence-electron chi connectivity index (χ4n) is 0.483. The van der Waals surface area contributed by atoms with Gasteiger partial charge in [0.1, 0.15) is 0 Å². The van der Waals surface area contributed by atoms with E-state index in [1.807, 2.05) is 0 Å². The number of allylic oxidation sites excluding steroid dienone is 1. The molecule has 12 heavy (non-hydrogen) atoms. The molecule has 1 atom stereocenters. The summed E-state index contributed by atoms with van der Waals surface area (Å²) in [7, 11) is 0.133. The number of methoxy groups -OCH3 is 1. The Morgan fingerprint density at radius 2 is 2.08 bits per heavy atom. The molecule has 0 fully saturated rings. The van der Waals surface area contributed by atoms with Crippen LogP contribution in [0.3, 0.4) is 0 Å². The lowest BCUT2D eigenvalue weighted by molar-refractivity contribution is -0.134. The average Bonchev–Trinajstić information content (AvgIpc) is 2.04. The molecule has 5 heteroatoms. The molecule has 0 aromatic heterocycles. The number of ether oxygens (including phenoxy) is 1. The molecule has 0 aromatic rings. The Hall–Kier alpha value is -0.600. The first kappa shape index (κ1) is 11.4. The topological polar surface area (TPSA) is 52.6 Å². The molecule has 0 saturated carbocycles. The van der Waals surface area contributed by atoms with Crippen molar-refractivity contribution in [2.75, 3.05) is 27.0 Å². The van der Waals surface area contributed by atoms with Gasteiger partial charge in [-0.3, -0.25) is 4.57 Å². The lowest BCUT2D eigenvalue weighted by atomic mass is 10.5. The summed E-state index contributed by atoms with van der Waals surface area (Å²) in [5.41, 5.74) is 0. The van der Waals surface area contributed by atoms with E-state index < -0.39 is 13.3 Å². The molecule has 0 aromatic carbocycles. The van der Waals surface area contributed by atoms with Crippen LogP contribution in [-0.2, 0) is 18.6 Å². The molecule has 0 N–H and O–H groups in total. The molecule has 0 amide bonds. The first-order valence-corrected chi connectivity index (χ1v) is 5.64. The second-order valence-corrected chi connectivity index (χ2v) is 5.06. The molecule has 0 saturated heterocycles. The van der Waals surface area contributed by atoms with Crippen LogP contribution in [0.15, 0.2) is 12.2 Å². The maximum absolute atomic E-state index is 11.2. The van der Waals surface area contributed by atoms with Crippen LogP contribution in [0.25, 0.3) is 0 Å². The van der Waals surface area contributed by atoms with Crippen LogP contribution >= 0.6 is 7.37 Å². The molecular weight excluding hydrogens is 179 g/mol. The largest absolute Gasteiger partial charge is 0.466 e. The Labute approximate surface area is 72.0 Å². The summed E-state index contributed by atoms with van der Waals surface area (Å²) in [5, 5.41) is 0. The minimum absolute atomic E-state index is 0.249. The first-order valence-electron chi connectivity index (χ1n) is 3.38. The molecule has 70 valence electrons. The van der Waals surface area contributed by atoms with Gasteiger partial charge in [-0.15, -0.1) is 0 Å². The van der Waals surface area contributed by atoms with E-state index in [-0.39, 0.29) is 6.16 Å². The van der Waals surface area contributed by atoms with E-state index in [1.165, 1.54) is 33.0 Å². The minimum atomic E-state index is -2.53. The van der Waals surface area contributed by atoms with E-state index in [9.17, 15) is 9.36 Å². The highest BCUT2D eigenvalue weighted by molar-refractivity contribution is 7.58. The monoisotopic (exact) mass is 192 g/mol. The fraction of sp³-hybridized carbons (Fsp3) is 0.571. The zero-order chi connectivity index (χ0) is 9.61. The Kier molecular flexibility index (Phi) is 4.86. The summed E-state index contributed by atoms with van der Waals surface area (Å²) in [6.07, 6.45) is 2.96. The molecule has 0 heterocycles. The summed E-state index contributed by atoms with van der Waals surface area (Å²) < 4.78 is 20.3. The summed E-state index contributed by atoms with van der Waals surface area (Å²) in [4.78, 5) is 10.5. The van der Waals surface area contributed by atoms with Crippen molar-refractivity contribution in [1.82, 2.24) is 0 Å². The number of rotatable bonds is 4. The van der Waals surface area contributed by atoms with Crippen molar-refractivity contribution in [1.29, 1.82) is 0 Å². The van der Waals surface area contributed by atoms with Crippen molar-refractivity contribution in [2.24, 2.45) is 0 Å². The number of hydrogen-bond donors (Lipinski definition) is 0. The molecule has 0 aliphatic heterocycles. The average molecular weight is 192 g/mol. The van der Waals surface area contributed by atoms with Gasteiger partial charge in [0.25, 0.3) is 0 Å². The van der Waals surface area contributed by atoms with E-state index in [4.69, 9.17) is 4.52 Å². The van der Waals surface area contributed by atoms with Crippen molar-refractivity contribution >= 4 is 13.3 Å². The van der Waals surface area contributed by atoms with E-state index in [2.05, 4.69) is 4.74 Å². The molecule has 0 spiro atoms. The molecular formula is C7H13O4P. The van der Waals surface area contributed by atoms with E-state index in [1.54, 1.807) is 0 Å². The molecule has 1 unspecified atom stereocenters. The van der Waals surface area contributed by atoms with E-state index in [0.29, 0.717) is 0 Å². The Morgan fingerprint density at radius 1 is 1.50 bits per heavy atom. The summed E-state index contributed by atoms with van der Waals surface area (Å²) in [5.74, 6) is -0.453. The zero-order valence-electron chi connectivity index (χ0n) is 7.44. The van der Waals surface area contributed by atoms with Crippen molar-refractivity contribution in [3.63, 3.8) is 0 Å². The maximum Gasteiger partial charge on any atom is 0.330 e. The van der Waals surface area contributed by atoms with Crippen LogP contribution < -0.4 is 0 Å². The SMILES string of the molecule is COC(=O)C=CCP(C)(=O)OC. The number of carbonyl (C=O) groups excluding carboxylic acids is 1. The summed E-state index contributed by atoms with van der Waals surface area (Å²) in [6, 6.07) is 0. The predicted octanol–water partition coefficient (Wildman–Crippen LogP) is 1.27. The van der Waals surface area contributed by atoms with Gasteiger partial charge in [0, 0.05) is 26.0 Å². The van der Waals surface area contributed by atoms with Gasteiger partial charge in [0.15, 0.2) is 0 Å². The number of esters is 1. The van der Waals surface area contributed by atoms with Crippen molar-refractivity contribution < 1.29 is 18.6 Å². The van der Waals surface area contributed by atoms with Gasteiger partial charge in [0.05, 0.1) is 7.11 Å². The molecule has 0 radical (unpaired) electrons. The van der Waals surface area contributed by atoms with Crippen LogP contribution in [0.4, 0.5) is 0 Å². The van der Waals surface area contributed by atoms with Gasteiger partial charge in [-0.1, -0.05) is 6.08 Å². The lowest BCUT2D eigenvalue weighted by Gasteiger charge is -2.05. The van der Waals surface area contributed by atoms with Crippen molar-refractivity contribution in [2.45, 2.75) is 0 Å². The van der Waals surface area contributed by atoms with Gasteiger partial charge < -0.3 is 9.26 Å². The molecule has 4 nitrogen and oxygen atoms in total. The van der Waals surface area contributed by atoms with Crippen molar-refractivity contribution in [3.8, 4) is 0 Å². The third kappa shape index (κ3) is 5.10. The fourth-order valence-corrected chi connectivity index (χ4v) is 1.12. The Morgan fingerprint density at radius 3 is 2.50 bits per heavy atom. The molecule has 0 rings (SSSR count). The summed E-state index contributed by atoms with van der Waals surface area (Å²) >= 11 is 0. The normalized spacial score (nSPS) is 15.9. The number of carbonyl (C=O) groups is 1. The highest BCUT2D eigenvalue weighted by atomic mass is 31.2. The first-order chi connectivity index (χ1) is 5.52. The van der Waals surface area contributed by atoms with Crippen LogP contribution in [0, 0.1) is 0 Å². The highest BCUT2D eigenvalue weighted by Crippen LogP contribution is 2.40. The lowest BCUT2D eigenvalue weighted by Crippen LogP contribution is -1.95. The second kappa shape index (κ2) is 5.12. The molecule has 0 aliphatic rings. The van der Waals surface area contributed by atoms with E-state index >= 15 is 0 Å². The van der Waals surface area contributed by atoms with Gasteiger partial charge >= 0.3 is 5.97 Å². The zero-order valence-corrected chi connectivity index (χ0v) is 8.34. The van der Waals surface area contributed by atoms with Crippen LogP contribution in [0.5, 0.6) is 0 Å². The smallest absolute Gasteiger partial charge is 0.330 e. The summed E-state index contributed by atoms with van der Waals surface area (Å²) in [6.45, 7) is 1.51.